The predicted octanol–water partition coefficient (Wildman–Crippen LogP) is 3.01. The smallest absolute Gasteiger partial charge is 0.437 e. The molecule has 1 aliphatic heterocycles. The van der Waals surface area contributed by atoms with Crippen molar-refractivity contribution in [2.75, 3.05) is 19.4 Å². The minimum Gasteiger partial charge on any atom is -0.493 e. The van der Waals surface area contributed by atoms with E-state index < -0.39 is 21.1 Å². The Balaban J connectivity index is 1.66. The van der Waals surface area contributed by atoms with Gasteiger partial charge in [0.15, 0.2) is 0 Å². The quantitative estimate of drug-likeness (QED) is 0.177. The summed E-state index contributed by atoms with van der Waals surface area (Å²) in [6.45, 7) is 0.185. The van der Waals surface area contributed by atoms with Crippen LogP contribution >= 0.6 is 0 Å². The Morgan fingerprint density at radius 2 is 1.81 bits per heavy atom. The summed E-state index contributed by atoms with van der Waals surface area (Å²) in [4.78, 5) is 47.2. The predicted molar refractivity (Wildman–Crippen MR) is 116 cm³/mol. The van der Waals surface area contributed by atoms with Crippen LogP contribution in [0.5, 0.6) is 5.75 Å². The molecule has 2 N–H and O–H groups in total. The van der Waals surface area contributed by atoms with Gasteiger partial charge < -0.3 is 14.4 Å². The molecule has 0 atom stereocenters. The zero-order valence-corrected chi connectivity index (χ0v) is 17.9. The number of hydrogen-bond acceptors (Lipinski definition) is 6. The molecule has 0 unspecified atom stereocenters. The molecule has 0 saturated carbocycles. The van der Waals surface area contributed by atoms with Crippen LogP contribution in [-0.2, 0) is 15.9 Å². The number of non-ortho nitro benzene ring substituents is 1. The van der Waals surface area contributed by atoms with Crippen LogP contribution in [0.2, 0.25) is 0 Å². The topological polar surface area (TPSA) is 160 Å². The van der Waals surface area contributed by atoms with E-state index in [1.165, 1.54) is 24.5 Å². The first kappa shape index (κ1) is 23.0. The van der Waals surface area contributed by atoms with Crippen molar-refractivity contribution < 1.29 is 33.7 Å². The number of carboxylic acid groups (broad SMARTS) is 1. The lowest BCUT2D eigenvalue weighted by Gasteiger charge is -2.17. The summed E-state index contributed by atoms with van der Waals surface area (Å²) in [6, 6.07) is 10.4. The molecule has 0 aliphatic carbocycles. The third kappa shape index (κ3) is 5.34. The van der Waals surface area contributed by atoms with Crippen LogP contribution in [0.15, 0.2) is 46.8 Å². The van der Waals surface area contributed by atoms with Crippen molar-refractivity contribution in [2.45, 2.75) is 12.2 Å². The molecule has 1 heterocycles. The second-order valence-electron chi connectivity index (χ2n) is 7.23. The van der Waals surface area contributed by atoms with Gasteiger partial charge in [0.2, 0.25) is 0 Å². The maximum absolute atomic E-state index is 12.4. The molecule has 0 saturated heterocycles. The van der Waals surface area contributed by atoms with E-state index in [2.05, 4.69) is 4.36 Å². The molecule has 1 aliphatic rings. The molecule has 0 bridgehead atoms. The van der Waals surface area contributed by atoms with Crippen LogP contribution in [0, 0.1) is 10.1 Å². The number of thiol groups is 1. The number of carbonyl (C=O) groups is 3. The number of rotatable bonds is 8. The second kappa shape index (κ2) is 9.24. The molecule has 2 aromatic carbocycles. The molecule has 170 valence electrons. The molecule has 3 amide bonds. The molecule has 0 fully saturated rings. The van der Waals surface area contributed by atoms with Gasteiger partial charge >= 0.3 is 6.09 Å². The van der Waals surface area contributed by atoms with Crippen LogP contribution in [0.25, 0.3) is 0 Å². The Morgan fingerprint density at radius 3 is 2.38 bits per heavy atom. The summed E-state index contributed by atoms with van der Waals surface area (Å²) in [5.41, 5.74) is 0.721. The lowest BCUT2D eigenvalue weighted by atomic mass is 10.1. The van der Waals surface area contributed by atoms with Crippen LogP contribution in [0.1, 0.15) is 32.7 Å². The maximum Gasteiger partial charge on any atom is 0.437 e. The van der Waals surface area contributed by atoms with E-state index in [-0.39, 0.29) is 42.2 Å². The van der Waals surface area contributed by atoms with Gasteiger partial charge in [0.1, 0.15) is 5.75 Å². The summed E-state index contributed by atoms with van der Waals surface area (Å²) in [6.07, 6.45) is 0.0592. The van der Waals surface area contributed by atoms with E-state index in [1.807, 2.05) is 0 Å². The molecule has 12 heteroatoms. The second-order valence-corrected chi connectivity index (χ2v) is 9.92. The third-order valence-electron chi connectivity index (χ3n) is 4.62. The molecule has 0 radical (unpaired) electrons. The van der Waals surface area contributed by atoms with E-state index in [0.717, 1.165) is 4.90 Å². The zero-order valence-electron chi connectivity index (χ0n) is 17.0. The average Bonchev–Trinajstić information content (AvgIpc) is 2.94. The Labute approximate surface area is 183 Å². The number of carbonyl (C=O) groups excluding carboxylic acids is 2. The van der Waals surface area contributed by atoms with Crippen molar-refractivity contribution in [1.29, 1.82) is 0 Å². The number of imide groups is 1. The van der Waals surface area contributed by atoms with Crippen LogP contribution < -0.4 is 4.74 Å². The van der Waals surface area contributed by atoms with Gasteiger partial charge in [-0.25, -0.2) is 4.79 Å². The first-order valence-electron chi connectivity index (χ1n) is 9.48. The van der Waals surface area contributed by atoms with E-state index >= 15 is 0 Å². The Kier molecular flexibility index (Phi) is 6.65. The number of amides is 3. The number of benzene rings is 2. The molecule has 11 nitrogen and oxygen atoms in total. The van der Waals surface area contributed by atoms with Gasteiger partial charge in [-0.15, -0.1) is 0 Å². The van der Waals surface area contributed by atoms with Crippen molar-refractivity contribution in [3.8, 4) is 5.75 Å². The van der Waals surface area contributed by atoms with Gasteiger partial charge in [-0.1, -0.05) is 22.2 Å². The average molecular weight is 463 g/mol. The lowest BCUT2D eigenvalue weighted by Crippen LogP contribution is -2.31. The monoisotopic (exact) mass is 463 g/mol. The van der Waals surface area contributed by atoms with Crippen molar-refractivity contribution in [2.24, 2.45) is 4.36 Å². The van der Waals surface area contributed by atoms with Gasteiger partial charge in [-0.05, 0) is 36.4 Å². The Hall–Kier alpha value is -3.64. The highest BCUT2D eigenvalue weighted by Gasteiger charge is 2.34. The number of hydrogen-bond donors (Lipinski definition) is 3. The van der Waals surface area contributed by atoms with Crippen molar-refractivity contribution in [3.63, 3.8) is 0 Å². The van der Waals surface area contributed by atoms with E-state index in [1.54, 1.807) is 24.3 Å². The van der Waals surface area contributed by atoms with Crippen LogP contribution in [0.3, 0.4) is 0 Å². The van der Waals surface area contributed by atoms with Crippen molar-refractivity contribution in [1.82, 2.24) is 4.90 Å². The normalized spacial score (nSPS) is 13.6. The highest BCUT2D eigenvalue weighted by atomic mass is 32.3. The SMILES string of the molecule is C[SH](O)(Cc1cc(OCCCN2C(=O)c3ccccc3C2=O)cc([N+](=O)[O-])c1)=NC(=O)O. The summed E-state index contributed by atoms with van der Waals surface area (Å²) in [7, 11) is -3.21. The van der Waals surface area contributed by atoms with E-state index in [9.17, 15) is 29.1 Å². The number of ether oxygens (including phenoxy) is 1. The summed E-state index contributed by atoms with van der Waals surface area (Å²) < 4.78 is 19.0. The first-order chi connectivity index (χ1) is 15.1. The minimum absolute atomic E-state index is 0.0685. The Morgan fingerprint density at radius 1 is 1.19 bits per heavy atom. The molecular formula is C20H21N3O8S. The number of nitro benzene ring substituents is 1. The fourth-order valence-corrected chi connectivity index (χ4v) is 4.66. The highest BCUT2D eigenvalue weighted by Crippen LogP contribution is 2.26. The van der Waals surface area contributed by atoms with Gasteiger partial charge in [0.05, 0.1) is 28.7 Å². The highest BCUT2D eigenvalue weighted by molar-refractivity contribution is 7.98. The number of fused-ring (bicyclic) bond motifs is 1. The Bertz CT molecular complexity index is 1120. The molecule has 2 aromatic rings. The van der Waals surface area contributed by atoms with Gasteiger partial charge in [-0.2, -0.15) is 4.36 Å². The molecule has 0 aromatic heterocycles. The standard InChI is InChI=1S/C20H21N3O8S/c1-32(30,21-20(26)27)12-13-9-14(23(28)29)11-15(10-13)31-8-4-7-22-18(24)16-5-2-3-6-17(16)19(22)25/h2-3,5-6,9-11,32H,4,7-8,12H2,1H3,(H,21,30)(H,26,27). The zero-order chi connectivity index (χ0) is 23.5. The van der Waals surface area contributed by atoms with Gasteiger partial charge in [0, 0.05) is 18.4 Å². The lowest BCUT2D eigenvalue weighted by molar-refractivity contribution is -0.385. The summed E-state index contributed by atoms with van der Waals surface area (Å²) >= 11 is 0. The summed E-state index contributed by atoms with van der Waals surface area (Å²) in [5.74, 6) is -0.785. The number of nitro groups is 1. The van der Waals surface area contributed by atoms with E-state index in [4.69, 9.17) is 9.84 Å². The molecule has 0 spiro atoms. The number of nitrogens with zero attached hydrogens (tertiary/aromatic N) is 3. The summed E-state index contributed by atoms with van der Waals surface area (Å²) in [5, 5.41) is 20.0. The van der Waals surface area contributed by atoms with Crippen LogP contribution in [-0.4, -0.2) is 56.8 Å². The van der Waals surface area contributed by atoms with E-state index in [0.29, 0.717) is 23.1 Å². The fourth-order valence-electron chi connectivity index (χ4n) is 3.34. The largest absolute Gasteiger partial charge is 0.493 e. The van der Waals surface area contributed by atoms with Crippen molar-refractivity contribution >= 4 is 33.7 Å². The fraction of sp³-hybridized carbons (Fsp3) is 0.250. The molecule has 3 rings (SSSR count). The first-order valence-corrected chi connectivity index (χ1v) is 11.8. The van der Waals surface area contributed by atoms with Crippen molar-refractivity contribution in [3.05, 3.63) is 69.3 Å². The third-order valence-corrected chi connectivity index (χ3v) is 6.18. The molecular weight excluding hydrogens is 442 g/mol. The van der Waals surface area contributed by atoms with Gasteiger partial charge in [0.25, 0.3) is 17.5 Å². The van der Waals surface area contributed by atoms with Gasteiger partial charge in [-0.3, -0.25) is 24.6 Å². The minimum atomic E-state index is -3.21. The molecule has 32 heavy (non-hydrogen) atoms. The van der Waals surface area contributed by atoms with Crippen LogP contribution in [0.4, 0.5) is 10.5 Å². The maximum atomic E-state index is 12.4.